The van der Waals surface area contributed by atoms with Gasteiger partial charge in [0.25, 0.3) is 5.91 Å². The molecular weight excluding hydrogens is 373 g/mol. The summed E-state index contributed by atoms with van der Waals surface area (Å²) in [4.78, 5) is 31.0. The fourth-order valence-corrected chi connectivity index (χ4v) is 3.95. The van der Waals surface area contributed by atoms with Crippen molar-refractivity contribution in [2.75, 3.05) is 13.6 Å². The third-order valence-electron chi connectivity index (χ3n) is 5.41. The molecule has 0 spiro atoms. The van der Waals surface area contributed by atoms with Crippen molar-refractivity contribution in [3.05, 3.63) is 77.2 Å². The number of amides is 1. The molecule has 0 saturated carbocycles. The van der Waals surface area contributed by atoms with Crippen LogP contribution >= 0.6 is 0 Å². The summed E-state index contributed by atoms with van der Waals surface area (Å²) in [5.41, 5.74) is 2.25. The van der Waals surface area contributed by atoms with Gasteiger partial charge < -0.3 is 14.2 Å². The molecule has 150 valence electrons. The third kappa shape index (κ3) is 3.48. The summed E-state index contributed by atoms with van der Waals surface area (Å²) < 4.78 is 21.3. The Labute approximate surface area is 168 Å². The predicted molar refractivity (Wildman–Crippen MR) is 105 cm³/mol. The molecule has 0 fully saturated rings. The minimum Gasteiger partial charge on any atom is -0.456 e. The number of carbonyl (C=O) groups is 2. The van der Waals surface area contributed by atoms with Gasteiger partial charge in [-0.1, -0.05) is 24.3 Å². The lowest BCUT2D eigenvalue weighted by Gasteiger charge is -2.33. The Hall–Kier alpha value is -3.22. The number of hydrogen-bond donors (Lipinski definition) is 0. The molecule has 2 atom stereocenters. The zero-order valence-corrected chi connectivity index (χ0v) is 16.3. The first-order valence-corrected chi connectivity index (χ1v) is 9.58. The normalized spacial score (nSPS) is 21.0. The van der Waals surface area contributed by atoms with E-state index in [2.05, 4.69) is 4.98 Å². The number of halogens is 1. The molecule has 2 aromatic rings. The Morgan fingerprint density at radius 3 is 2.97 bits per heavy atom. The van der Waals surface area contributed by atoms with Gasteiger partial charge in [-0.2, -0.15) is 0 Å². The second-order valence-electron chi connectivity index (χ2n) is 7.38. The molecule has 2 aliphatic rings. The maximum Gasteiger partial charge on any atom is 0.338 e. The van der Waals surface area contributed by atoms with Crippen LogP contribution in [0.3, 0.4) is 0 Å². The van der Waals surface area contributed by atoms with Crippen molar-refractivity contribution in [2.45, 2.75) is 31.9 Å². The van der Waals surface area contributed by atoms with Crippen LogP contribution in [-0.2, 0) is 4.74 Å². The average molecular weight is 395 g/mol. The summed E-state index contributed by atoms with van der Waals surface area (Å²) >= 11 is 0. The summed E-state index contributed by atoms with van der Waals surface area (Å²) in [6.07, 6.45) is 7.21. The number of likely N-dealkylation sites (N-methyl/N-ethyl adjacent to an activating group) is 1. The van der Waals surface area contributed by atoms with E-state index < -0.39 is 6.10 Å². The lowest BCUT2D eigenvalue weighted by Crippen LogP contribution is -2.37. The Bertz CT molecular complexity index is 1020. The maximum atomic E-state index is 14.0. The molecule has 0 radical (unpaired) electrons. The second kappa shape index (κ2) is 7.66. The molecule has 29 heavy (non-hydrogen) atoms. The highest BCUT2D eigenvalue weighted by atomic mass is 19.1. The SMILES string of the molecule is CC1OC(=O)c2ccccc2C1n1cncc1C(=O)N(C)CC1=C(F)C=CCC1. The molecule has 7 heteroatoms. The molecule has 4 rings (SSSR count). The molecule has 2 heterocycles. The Morgan fingerprint density at radius 1 is 1.38 bits per heavy atom. The van der Waals surface area contributed by atoms with E-state index in [1.54, 1.807) is 43.1 Å². The van der Waals surface area contributed by atoms with Gasteiger partial charge >= 0.3 is 5.97 Å². The van der Waals surface area contributed by atoms with Crippen molar-refractivity contribution in [3.63, 3.8) is 0 Å². The number of imidazole rings is 1. The molecule has 1 amide bonds. The highest BCUT2D eigenvalue weighted by Crippen LogP contribution is 2.33. The van der Waals surface area contributed by atoms with Crippen LogP contribution in [-0.4, -0.2) is 46.0 Å². The lowest BCUT2D eigenvalue weighted by molar-refractivity contribution is 0.0192. The van der Waals surface area contributed by atoms with Crippen LogP contribution in [0.2, 0.25) is 0 Å². The standard InChI is InChI=1S/C22H22FN3O3/c1-14-20(16-8-4-5-9-17(16)22(28)29-14)26-13-24-11-19(26)21(27)25(2)12-15-7-3-6-10-18(15)23/h4-6,8-11,13-14,20H,3,7,12H2,1-2H3. The molecule has 1 aromatic heterocycles. The summed E-state index contributed by atoms with van der Waals surface area (Å²) in [7, 11) is 1.65. The van der Waals surface area contributed by atoms with E-state index >= 15 is 0 Å². The molecular formula is C22H22FN3O3. The van der Waals surface area contributed by atoms with Crippen molar-refractivity contribution in [1.29, 1.82) is 0 Å². The van der Waals surface area contributed by atoms with Crippen LogP contribution in [0.25, 0.3) is 0 Å². The fourth-order valence-electron chi connectivity index (χ4n) is 3.95. The van der Waals surface area contributed by atoms with E-state index in [4.69, 9.17) is 4.74 Å². The van der Waals surface area contributed by atoms with Crippen LogP contribution in [0.4, 0.5) is 4.39 Å². The van der Waals surface area contributed by atoms with Gasteiger partial charge in [-0.15, -0.1) is 0 Å². The van der Waals surface area contributed by atoms with E-state index in [0.29, 0.717) is 23.3 Å². The monoisotopic (exact) mass is 395 g/mol. The molecule has 0 N–H and O–H groups in total. The lowest BCUT2D eigenvalue weighted by atomic mass is 9.93. The Balaban J connectivity index is 1.65. The smallest absolute Gasteiger partial charge is 0.338 e. The number of cyclic esters (lactones) is 1. The zero-order chi connectivity index (χ0) is 20.5. The fraction of sp³-hybridized carbons (Fsp3) is 0.318. The van der Waals surface area contributed by atoms with Crippen LogP contribution in [0.15, 0.2) is 60.3 Å². The number of rotatable bonds is 4. The van der Waals surface area contributed by atoms with Gasteiger partial charge in [0.15, 0.2) is 0 Å². The van der Waals surface area contributed by atoms with Crippen LogP contribution in [0.5, 0.6) is 0 Å². The number of esters is 1. The van der Waals surface area contributed by atoms with Gasteiger partial charge in [0, 0.05) is 13.6 Å². The number of aromatic nitrogens is 2. The van der Waals surface area contributed by atoms with Crippen LogP contribution in [0.1, 0.15) is 52.2 Å². The van der Waals surface area contributed by atoms with E-state index in [-0.39, 0.29) is 30.3 Å². The first-order chi connectivity index (χ1) is 14.0. The largest absolute Gasteiger partial charge is 0.456 e. The molecule has 1 aliphatic carbocycles. The number of nitrogens with zero attached hydrogens (tertiary/aromatic N) is 3. The van der Waals surface area contributed by atoms with Crippen molar-refractivity contribution in [3.8, 4) is 0 Å². The van der Waals surface area contributed by atoms with E-state index in [0.717, 1.165) is 12.0 Å². The molecule has 0 bridgehead atoms. The minimum absolute atomic E-state index is 0.214. The third-order valence-corrected chi connectivity index (χ3v) is 5.41. The quantitative estimate of drug-likeness (QED) is 0.741. The highest BCUT2D eigenvalue weighted by Gasteiger charge is 2.36. The van der Waals surface area contributed by atoms with Gasteiger partial charge in [0.05, 0.1) is 24.1 Å². The average Bonchev–Trinajstić information content (AvgIpc) is 3.18. The Kier molecular flexibility index (Phi) is 5.05. The van der Waals surface area contributed by atoms with Crippen molar-refractivity contribution in [2.24, 2.45) is 0 Å². The maximum absolute atomic E-state index is 14.0. The highest BCUT2D eigenvalue weighted by molar-refractivity contribution is 5.94. The molecule has 6 nitrogen and oxygen atoms in total. The first kappa shape index (κ1) is 19.1. The number of allylic oxidation sites excluding steroid dienone is 3. The van der Waals surface area contributed by atoms with Crippen LogP contribution in [0, 0.1) is 0 Å². The van der Waals surface area contributed by atoms with Gasteiger partial charge in [0.2, 0.25) is 0 Å². The molecule has 1 aliphatic heterocycles. The number of benzene rings is 1. The van der Waals surface area contributed by atoms with Crippen molar-refractivity contribution < 1.29 is 18.7 Å². The van der Waals surface area contributed by atoms with Crippen molar-refractivity contribution in [1.82, 2.24) is 14.5 Å². The van der Waals surface area contributed by atoms with Gasteiger partial charge in [-0.25, -0.2) is 14.2 Å². The number of ether oxygens (including phenoxy) is 1. The topological polar surface area (TPSA) is 64.4 Å². The van der Waals surface area contributed by atoms with E-state index in [9.17, 15) is 14.0 Å². The summed E-state index contributed by atoms with van der Waals surface area (Å²) in [5.74, 6) is -0.910. The summed E-state index contributed by atoms with van der Waals surface area (Å²) in [6, 6.07) is 6.85. The summed E-state index contributed by atoms with van der Waals surface area (Å²) in [5, 5.41) is 0. The summed E-state index contributed by atoms with van der Waals surface area (Å²) in [6.45, 7) is 2.01. The molecule has 1 aromatic carbocycles. The van der Waals surface area contributed by atoms with E-state index in [1.807, 2.05) is 12.1 Å². The second-order valence-corrected chi connectivity index (χ2v) is 7.38. The minimum atomic E-state index is -0.466. The Morgan fingerprint density at radius 2 is 2.17 bits per heavy atom. The molecule has 2 unspecified atom stereocenters. The van der Waals surface area contributed by atoms with Gasteiger partial charge in [-0.05, 0) is 43.0 Å². The van der Waals surface area contributed by atoms with Crippen LogP contribution < -0.4 is 0 Å². The first-order valence-electron chi connectivity index (χ1n) is 9.58. The number of fused-ring (bicyclic) bond motifs is 1. The van der Waals surface area contributed by atoms with Gasteiger partial charge in [-0.3, -0.25) is 4.79 Å². The van der Waals surface area contributed by atoms with Gasteiger partial charge in [0.1, 0.15) is 17.6 Å². The van der Waals surface area contributed by atoms with E-state index in [1.165, 1.54) is 17.2 Å². The molecule has 0 saturated heterocycles. The zero-order valence-electron chi connectivity index (χ0n) is 16.3. The predicted octanol–water partition coefficient (Wildman–Crippen LogP) is 3.68. The number of carbonyl (C=O) groups excluding carboxylic acids is 2. The van der Waals surface area contributed by atoms with Crippen molar-refractivity contribution >= 4 is 11.9 Å². The number of hydrogen-bond acceptors (Lipinski definition) is 4.